The van der Waals surface area contributed by atoms with Gasteiger partial charge in [-0.15, -0.1) is 0 Å². The van der Waals surface area contributed by atoms with Crippen molar-refractivity contribution in [3.05, 3.63) is 24.0 Å². The molecule has 0 aliphatic carbocycles. The summed E-state index contributed by atoms with van der Waals surface area (Å²) >= 11 is 0. The Bertz CT molecular complexity index is 377. The number of nitriles is 1. The van der Waals surface area contributed by atoms with Crippen LogP contribution in [0.25, 0.3) is 0 Å². The molecule has 2 N–H and O–H groups in total. The van der Waals surface area contributed by atoms with E-state index in [1.54, 1.807) is 6.20 Å². The first-order valence-electron chi connectivity index (χ1n) is 5.72. The predicted molar refractivity (Wildman–Crippen MR) is 63.1 cm³/mol. The molecule has 0 saturated carbocycles. The van der Waals surface area contributed by atoms with Crippen LogP contribution in [0.15, 0.2) is 18.3 Å². The summed E-state index contributed by atoms with van der Waals surface area (Å²) in [6, 6.07) is 6.46. The molecular formula is C12H16N4. The van der Waals surface area contributed by atoms with Crippen LogP contribution in [0.1, 0.15) is 25.0 Å². The van der Waals surface area contributed by atoms with E-state index >= 15 is 0 Å². The topological polar surface area (TPSA) is 60.7 Å². The molecule has 1 fully saturated rings. The van der Waals surface area contributed by atoms with E-state index < -0.39 is 0 Å². The number of pyridine rings is 1. The fraction of sp³-hybridized carbons (Fsp3) is 0.500. The molecule has 1 saturated heterocycles. The number of rotatable bonds is 4. The van der Waals surface area contributed by atoms with Crippen LogP contribution >= 0.6 is 0 Å². The van der Waals surface area contributed by atoms with Gasteiger partial charge in [-0.25, -0.2) is 4.98 Å². The van der Waals surface area contributed by atoms with E-state index in [2.05, 4.69) is 21.7 Å². The second-order valence-electron chi connectivity index (χ2n) is 4.02. The minimum atomic E-state index is 0.474. The minimum Gasteiger partial charge on any atom is -0.383 e. The third-order valence-corrected chi connectivity index (χ3v) is 2.88. The number of hydrogen-bond acceptors (Lipinski definition) is 4. The van der Waals surface area contributed by atoms with Gasteiger partial charge in [0.25, 0.3) is 0 Å². The lowest BCUT2D eigenvalue weighted by Gasteiger charge is -2.11. The summed E-state index contributed by atoms with van der Waals surface area (Å²) in [5.74, 6) is 0. The molecule has 16 heavy (non-hydrogen) atoms. The standard InChI is InChI=1S/C12H16N4/c13-9-12-11(4-2-7-15-12)16-8-5-10-3-1-6-14-10/h2,4,7,10,14,16H,1,3,5-6,8H2/t10-/m1/s1. The second-order valence-corrected chi connectivity index (χ2v) is 4.02. The average Bonchev–Trinajstić information content (AvgIpc) is 2.83. The van der Waals surface area contributed by atoms with Crippen molar-refractivity contribution in [2.45, 2.75) is 25.3 Å². The van der Waals surface area contributed by atoms with Crippen molar-refractivity contribution >= 4 is 5.69 Å². The Morgan fingerprint density at radius 3 is 3.31 bits per heavy atom. The maximum Gasteiger partial charge on any atom is 0.163 e. The molecular weight excluding hydrogens is 200 g/mol. The molecule has 0 amide bonds. The van der Waals surface area contributed by atoms with Crippen molar-refractivity contribution in [1.82, 2.24) is 10.3 Å². The van der Waals surface area contributed by atoms with Gasteiger partial charge in [-0.1, -0.05) is 0 Å². The molecule has 1 aliphatic rings. The molecule has 0 aromatic carbocycles. The lowest BCUT2D eigenvalue weighted by Crippen LogP contribution is -2.24. The molecule has 0 unspecified atom stereocenters. The van der Waals surface area contributed by atoms with Gasteiger partial charge in [-0.3, -0.25) is 0 Å². The van der Waals surface area contributed by atoms with Gasteiger partial charge in [0.1, 0.15) is 6.07 Å². The van der Waals surface area contributed by atoms with Gasteiger partial charge in [0.15, 0.2) is 5.69 Å². The molecule has 2 heterocycles. The lowest BCUT2D eigenvalue weighted by atomic mass is 10.1. The quantitative estimate of drug-likeness (QED) is 0.801. The van der Waals surface area contributed by atoms with Crippen LogP contribution < -0.4 is 10.6 Å². The number of anilines is 1. The molecule has 0 spiro atoms. The van der Waals surface area contributed by atoms with Crippen LogP contribution in [0.4, 0.5) is 5.69 Å². The van der Waals surface area contributed by atoms with Crippen LogP contribution in [-0.2, 0) is 0 Å². The van der Waals surface area contributed by atoms with Crippen LogP contribution in [-0.4, -0.2) is 24.1 Å². The van der Waals surface area contributed by atoms with Crippen molar-refractivity contribution in [3.63, 3.8) is 0 Å². The van der Waals surface area contributed by atoms with Crippen LogP contribution in [0.5, 0.6) is 0 Å². The second kappa shape index (κ2) is 5.47. The SMILES string of the molecule is N#Cc1ncccc1NCC[C@H]1CCCN1. The Kier molecular flexibility index (Phi) is 3.73. The average molecular weight is 216 g/mol. The Labute approximate surface area is 95.7 Å². The Hall–Kier alpha value is -1.60. The maximum atomic E-state index is 8.86. The zero-order valence-electron chi connectivity index (χ0n) is 9.24. The summed E-state index contributed by atoms with van der Waals surface area (Å²) in [7, 11) is 0. The fourth-order valence-corrected chi connectivity index (χ4v) is 2.02. The summed E-state index contributed by atoms with van der Waals surface area (Å²) in [4.78, 5) is 4.01. The summed E-state index contributed by atoms with van der Waals surface area (Å²) in [6.07, 6.45) is 5.28. The van der Waals surface area contributed by atoms with Gasteiger partial charge in [0, 0.05) is 18.8 Å². The third-order valence-electron chi connectivity index (χ3n) is 2.88. The molecule has 4 nitrogen and oxygen atoms in total. The molecule has 1 atom stereocenters. The van der Waals surface area contributed by atoms with Crippen LogP contribution in [0, 0.1) is 11.3 Å². The highest BCUT2D eigenvalue weighted by molar-refractivity contribution is 5.53. The van der Waals surface area contributed by atoms with E-state index in [-0.39, 0.29) is 0 Å². The first-order valence-corrected chi connectivity index (χ1v) is 5.72. The first-order chi connectivity index (χ1) is 7.90. The molecule has 0 radical (unpaired) electrons. The molecule has 1 aromatic heterocycles. The molecule has 1 aliphatic heterocycles. The van der Waals surface area contributed by atoms with Gasteiger partial charge in [-0.2, -0.15) is 5.26 Å². The van der Waals surface area contributed by atoms with E-state index in [0.717, 1.165) is 25.2 Å². The van der Waals surface area contributed by atoms with Crippen molar-refractivity contribution in [1.29, 1.82) is 5.26 Å². The van der Waals surface area contributed by atoms with E-state index in [1.807, 2.05) is 12.1 Å². The van der Waals surface area contributed by atoms with Gasteiger partial charge < -0.3 is 10.6 Å². The van der Waals surface area contributed by atoms with E-state index in [1.165, 1.54) is 12.8 Å². The van der Waals surface area contributed by atoms with Crippen molar-refractivity contribution in [2.75, 3.05) is 18.4 Å². The molecule has 2 rings (SSSR count). The molecule has 4 heteroatoms. The van der Waals surface area contributed by atoms with Crippen molar-refractivity contribution in [2.24, 2.45) is 0 Å². The summed E-state index contributed by atoms with van der Waals surface area (Å²) < 4.78 is 0. The zero-order valence-corrected chi connectivity index (χ0v) is 9.24. The first kappa shape index (κ1) is 10.9. The third kappa shape index (κ3) is 2.71. The van der Waals surface area contributed by atoms with Crippen LogP contribution in [0.2, 0.25) is 0 Å². The van der Waals surface area contributed by atoms with Gasteiger partial charge in [0.05, 0.1) is 5.69 Å². The lowest BCUT2D eigenvalue weighted by molar-refractivity contribution is 0.574. The number of hydrogen-bond donors (Lipinski definition) is 2. The Morgan fingerprint density at radius 2 is 2.56 bits per heavy atom. The minimum absolute atomic E-state index is 0.474. The number of aromatic nitrogens is 1. The van der Waals surface area contributed by atoms with E-state index in [0.29, 0.717) is 11.7 Å². The van der Waals surface area contributed by atoms with Crippen molar-refractivity contribution < 1.29 is 0 Å². The summed E-state index contributed by atoms with van der Waals surface area (Å²) in [5, 5.41) is 15.6. The highest BCUT2D eigenvalue weighted by Crippen LogP contribution is 2.12. The fourth-order valence-electron chi connectivity index (χ4n) is 2.02. The summed E-state index contributed by atoms with van der Waals surface area (Å²) in [6.45, 7) is 2.03. The molecule has 1 aromatic rings. The van der Waals surface area contributed by atoms with E-state index in [9.17, 15) is 0 Å². The summed E-state index contributed by atoms with van der Waals surface area (Å²) in [5.41, 5.74) is 1.31. The van der Waals surface area contributed by atoms with E-state index in [4.69, 9.17) is 5.26 Å². The Morgan fingerprint density at radius 1 is 1.62 bits per heavy atom. The normalized spacial score (nSPS) is 19.3. The van der Waals surface area contributed by atoms with Crippen molar-refractivity contribution in [3.8, 4) is 6.07 Å². The molecule has 0 bridgehead atoms. The van der Waals surface area contributed by atoms with Gasteiger partial charge >= 0.3 is 0 Å². The van der Waals surface area contributed by atoms with Gasteiger partial charge in [0.2, 0.25) is 0 Å². The largest absolute Gasteiger partial charge is 0.383 e. The number of nitrogens with one attached hydrogen (secondary N) is 2. The monoisotopic (exact) mass is 216 g/mol. The van der Waals surface area contributed by atoms with Gasteiger partial charge in [-0.05, 0) is 37.9 Å². The highest BCUT2D eigenvalue weighted by Gasteiger charge is 2.13. The zero-order chi connectivity index (χ0) is 11.2. The number of nitrogens with zero attached hydrogens (tertiary/aromatic N) is 2. The smallest absolute Gasteiger partial charge is 0.163 e. The van der Waals surface area contributed by atoms with Crippen LogP contribution in [0.3, 0.4) is 0 Å². The predicted octanol–water partition coefficient (Wildman–Crippen LogP) is 1.51. The maximum absolute atomic E-state index is 8.86. The molecule has 84 valence electrons. The Balaban J connectivity index is 1.82. The highest BCUT2D eigenvalue weighted by atomic mass is 15.0.